The highest BCUT2D eigenvalue weighted by Crippen LogP contribution is 2.49. The summed E-state index contributed by atoms with van der Waals surface area (Å²) in [7, 11) is 0. The second-order valence-corrected chi connectivity index (χ2v) is 9.65. The van der Waals surface area contributed by atoms with Crippen molar-refractivity contribution in [1.29, 1.82) is 0 Å². The number of rotatable bonds is 5. The van der Waals surface area contributed by atoms with Crippen molar-refractivity contribution in [1.82, 2.24) is 9.80 Å². The van der Waals surface area contributed by atoms with E-state index in [1.54, 1.807) is 0 Å². The van der Waals surface area contributed by atoms with Crippen LogP contribution in [0.15, 0.2) is 36.4 Å². The number of carbonyl (C=O) groups excluding carboxylic acids is 2. The number of carbonyl (C=O) groups is 2. The highest BCUT2D eigenvalue weighted by atomic mass is 16.5. The van der Waals surface area contributed by atoms with Crippen LogP contribution in [0.2, 0.25) is 0 Å². The zero-order valence-corrected chi connectivity index (χ0v) is 20.4. The minimum Gasteiger partial charge on any atom is -0.490 e. The largest absolute Gasteiger partial charge is 0.490 e. The van der Waals surface area contributed by atoms with Gasteiger partial charge in [-0.25, -0.2) is 0 Å². The molecule has 1 saturated heterocycles. The summed E-state index contributed by atoms with van der Waals surface area (Å²) < 4.78 is 11.8. The molecule has 0 unspecified atom stereocenters. The van der Waals surface area contributed by atoms with E-state index in [2.05, 4.69) is 13.0 Å². The minimum atomic E-state index is -0.425. The molecule has 5 rings (SSSR count). The van der Waals surface area contributed by atoms with E-state index in [9.17, 15) is 9.59 Å². The van der Waals surface area contributed by atoms with Crippen molar-refractivity contribution < 1.29 is 19.1 Å². The third-order valence-corrected chi connectivity index (χ3v) is 7.42. The lowest BCUT2D eigenvalue weighted by atomic mass is 9.75. The van der Waals surface area contributed by atoms with Crippen LogP contribution in [0.25, 0.3) is 0 Å². The molecule has 2 aromatic carbocycles. The van der Waals surface area contributed by atoms with Gasteiger partial charge in [0.25, 0.3) is 5.91 Å². The highest BCUT2D eigenvalue weighted by molar-refractivity contribution is 6.01. The molecular formula is C28H34N2O4. The molecule has 6 heteroatoms. The van der Waals surface area contributed by atoms with Crippen molar-refractivity contribution in [3.8, 4) is 11.5 Å². The van der Waals surface area contributed by atoms with Gasteiger partial charge in [0.15, 0.2) is 11.5 Å². The first-order chi connectivity index (χ1) is 16.5. The van der Waals surface area contributed by atoms with Gasteiger partial charge in [-0.3, -0.25) is 9.59 Å². The van der Waals surface area contributed by atoms with Crippen LogP contribution in [-0.4, -0.2) is 54.5 Å². The van der Waals surface area contributed by atoms with Crippen molar-refractivity contribution in [2.24, 2.45) is 5.92 Å². The maximum atomic E-state index is 14.1. The first kappa shape index (κ1) is 22.8. The lowest BCUT2D eigenvalue weighted by molar-refractivity contribution is -0.136. The van der Waals surface area contributed by atoms with Gasteiger partial charge in [0.05, 0.1) is 25.2 Å². The molecule has 3 heterocycles. The number of likely N-dealkylation sites (tertiary alicyclic amines) is 1. The summed E-state index contributed by atoms with van der Waals surface area (Å²) in [5.74, 6) is 1.60. The van der Waals surface area contributed by atoms with Gasteiger partial charge in [-0.2, -0.15) is 0 Å². The fraction of sp³-hybridized carbons (Fsp3) is 0.500. The van der Waals surface area contributed by atoms with E-state index < -0.39 is 5.92 Å². The fourth-order valence-corrected chi connectivity index (χ4v) is 5.92. The van der Waals surface area contributed by atoms with Crippen molar-refractivity contribution >= 4 is 11.8 Å². The zero-order valence-electron chi connectivity index (χ0n) is 20.4. The Balaban J connectivity index is 1.65. The normalized spacial score (nSPS) is 23.6. The van der Waals surface area contributed by atoms with Crippen LogP contribution >= 0.6 is 0 Å². The number of nitrogens with zero attached hydrogens (tertiary/aromatic N) is 2. The van der Waals surface area contributed by atoms with E-state index in [4.69, 9.17) is 9.47 Å². The average Bonchev–Trinajstić information content (AvgIpc) is 2.84. The zero-order chi connectivity index (χ0) is 23.8. The molecule has 34 heavy (non-hydrogen) atoms. The molecule has 3 aliphatic heterocycles. The molecule has 0 spiro atoms. The molecule has 6 nitrogen and oxygen atoms in total. The molecule has 2 aromatic rings. The molecule has 2 amide bonds. The Hall–Kier alpha value is -3.02. The van der Waals surface area contributed by atoms with E-state index >= 15 is 0 Å². The van der Waals surface area contributed by atoms with Crippen LogP contribution in [0.3, 0.4) is 0 Å². The van der Waals surface area contributed by atoms with Gasteiger partial charge in [0, 0.05) is 25.2 Å². The summed E-state index contributed by atoms with van der Waals surface area (Å²) in [6, 6.07) is 11.4. The topological polar surface area (TPSA) is 59.1 Å². The van der Waals surface area contributed by atoms with Gasteiger partial charge in [-0.1, -0.05) is 25.1 Å². The van der Waals surface area contributed by atoms with Crippen LogP contribution in [0.5, 0.6) is 11.5 Å². The molecule has 0 saturated carbocycles. The van der Waals surface area contributed by atoms with E-state index in [-0.39, 0.29) is 17.9 Å². The Morgan fingerprint density at radius 3 is 2.50 bits per heavy atom. The first-order valence-corrected chi connectivity index (χ1v) is 12.6. The van der Waals surface area contributed by atoms with Gasteiger partial charge >= 0.3 is 0 Å². The van der Waals surface area contributed by atoms with Gasteiger partial charge in [0.2, 0.25) is 5.91 Å². The number of fused-ring (bicyclic) bond motifs is 4. The lowest BCUT2D eigenvalue weighted by Gasteiger charge is -2.47. The molecule has 0 N–H and O–H groups in total. The third kappa shape index (κ3) is 3.83. The van der Waals surface area contributed by atoms with Gasteiger partial charge < -0.3 is 19.3 Å². The SMILES string of the molecule is CCOc1cc2c(cc1OCC)[C@@H]1[C@H](C(=O)N3CCC[C@H](C)C3)c3ccccc3C(=O)N1CC2. The number of amides is 2. The monoisotopic (exact) mass is 462 g/mol. The standard InChI is InChI=1S/C28H34N2O4/c1-4-33-23-15-19-12-14-30-26(22(19)16-24(23)34-5-2)25(20-10-6-7-11-21(20)27(30)31)28(32)29-13-8-9-18(3)17-29/h6-7,10-11,15-16,18,25-26H,4-5,8-9,12-14,17H2,1-3H3/t18-,25+,26+/m0/s1. The van der Waals surface area contributed by atoms with Crippen molar-refractivity contribution in [3.63, 3.8) is 0 Å². The van der Waals surface area contributed by atoms with E-state index in [0.717, 1.165) is 54.8 Å². The van der Waals surface area contributed by atoms with Crippen LogP contribution in [0.1, 0.15) is 72.6 Å². The quantitative estimate of drug-likeness (QED) is 0.653. The predicted octanol–water partition coefficient (Wildman–Crippen LogP) is 4.58. The molecule has 180 valence electrons. The summed E-state index contributed by atoms with van der Waals surface area (Å²) in [4.78, 5) is 31.7. The Bertz CT molecular complexity index is 1100. The number of hydrogen-bond acceptors (Lipinski definition) is 4. The first-order valence-electron chi connectivity index (χ1n) is 12.6. The van der Waals surface area contributed by atoms with Crippen LogP contribution in [0, 0.1) is 5.92 Å². The second kappa shape index (κ2) is 9.32. The summed E-state index contributed by atoms with van der Waals surface area (Å²) in [5.41, 5.74) is 3.63. The summed E-state index contributed by atoms with van der Waals surface area (Å²) in [6.07, 6.45) is 2.91. The number of benzene rings is 2. The molecule has 0 aliphatic carbocycles. The summed E-state index contributed by atoms with van der Waals surface area (Å²) >= 11 is 0. The van der Waals surface area contributed by atoms with Crippen LogP contribution in [0.4, 0.5) is 0 Å². The van der Waals surface area contributed by atoms with E-state index in [1.165, 1.54) is 0 Å². The Morgan fingerprint density at radius 2 is 1.76 bits per heavy atom. The van der Waals surface area contributed by atoms with E-state index in [0.29, 0.717) is 37.0 Å². The molecule has 1 fully saturated rings. The van der Waals surface area contributed by atoms with Crippen molar-refractivity contribution in [3.05, 3.63) is 58.7 Å². The van der Waals surface area contributed by atoms with Crippen molar-refractivity contribution in [2.75, 3.05) is 32.8 Å². The number of ether oxygens (including phenoxy) is 2. The Morgan fingerprint density at radius 1 is 1.03 bits per heavy atom. The highest BCUT2D eigenvalue weighted by Gasteiger charge is 2.48. The Labute approximate surface area is 201 Å². The molecule has 3 aliphatic rings. The van der Waals surface area contributed by atoms with Crippen LogP contribution in [-0.2, 0) is 11.2 Å². The maximum absolute atomic E-state index is 14.1. The van der Waals surface area contributed by atoms with Gasteiger partial charge in [-0.05, 0) is 73.9 Å². The van der Waals surface area contributed by atoms with Gasteiger partial charge in [0.1, 0.15) is 0 Å². The molecule has 0 bridgehead atoms. The predicted molar refractivity (Wildman–Crippen MR) is 130 cm³/mol. The number of hydrogen-bond donors (Lipinski definition) is 0. The molecule has 0 radical (unpaired) electrons. The lowest BCUT2D eigenvalue weighted by Crippen LogP contribution is -2.52. The smallest absolute Gasteiger partial charge is 0.254 e. The minimum absolute atomic E-state index is 0.00848. The Kier molecular flexibility index (Phi) is 6.24. The number of piperidine rings is 1. The molecular weight excluding hydrogens is 428 g/mol. The molecule has 0 aromatic heterocycles. The van der Waals surface area contributed by atoms with E-state index in [1.807, 2.05) is 54.0 Å². The molecule has 3 atom stereocenters. The maximum Gasteiger partial charge on any atom is 0.254 e. The summed E-state index contributed by atoms with van der Waals surface area (Å²) in [6.45, 7) is 9.33. The fourth-order valence-electron chi connectivity index (χ4n) is 5.92. The van der Waals surface area contributed by atoms with Gasteiger partial charge in [-0.15, -0.1) is 0 Å². The second-order valence-electron chi connectivity index (χ2n) is 9.65. The van der Waals surface area contributed by atoms with Crippen molar-refractivity contribution in [2.45, 2.75) is 52.0 Å². The average molecular weight is 463 g/mol. The summed E-state index contributed by atoms with van der Waals surface area (Å²) in [5, 5.41) is 0. The third-order valence-electron chi connectivity index (χ3n) is 7.42. The van der Waals surface area contributed by atoms with Crippen LogP contribution < -0.4 is 9.47 Å².